The fourth-order valence-corrected chi connectivity index (χ4v) is 1.56. The third kappa shape index (κ3) is 7.92. The first-order valence-electron chi connectivity index (χ1n) is 4.40. The number of rotatable bonds is 7. The lowest BCUT2D eigenvalue weighted by Crippen LogP contribution is -1.97. The summed E-state index contributed by atoms with van der Waals surface area (Å²) in [4.78, 5) is 11.0. The maximum absolute atomic E-state index is 11.0. The molecule has 0 atom stereocenters. The van der Waals surface area contributed by atoms with E-state index in [1.807, 2.05) is 11.8 Å². The normalized spacial score (nSPS) is 10.0. The van der Waals surface area contributed by atoms with Crippen molar-refractivity contribution in [2.75, 3.05) is 11.5 Å². The molecule has 0 radical (unpaired) electrons. The molecular formula is C9H18OS. The lowest BCUT2D eigenvalue weighted by atomic mass is 10.1. The van der Waals surface area contributed by atoms with Gasteiger partial charge in [0.2, 0.25) is 0 Å². The molecule has 0 aromatic heterocycles. The molecule has 0 aliphatic heterocycles. The number of thioether (sulfide) groups is 1. The molecule has 66 valence electrons. The van der Waals surface area contributed by atoms with Crippen molar-refractivity contribution >= 4 is 17.5 Å². The van der Waals surface area contributed by atoms with Crippen LogP contribution in [-0.2, 0) is 4.79 Å². The summed E-state index contributed by atoms with van der Waals surface area (Å²) < 4.78 is 0. The number of hydrogen-bond donors (Lipinski definition) is 0. The van der Waals surface area contributed by atoms with Crippen molar-refractivity contribution in [2.24, 2.45) is 0 Å². The third-order valence-electron chi connectivity index (χ3n) is 1.48. The summed E-state index contributed by atoms with van der Waals surface area (Å²) in [5, 5.41) is 0. The number of hydrogen-bond acceptors (Lipinski definition) is 2. The van der Waals surface area contributed by atoms with Crippen LogP contribution in [0.4, 0.5) is 0 Å². The first-order chi connectivity index (χ1) is 5.31. The van der Waals surface area contributed by atoms with Crippen LogP contribution in [0.3, 0.4) is 0 Å². The van der Waals surface area contributed by atoms with E-state index in [1.54, 1.807) is 0 Å². The molecule has 0 saturated carbocycles. The molecule has 0 N–H and O–H groups in total. The van der Waals surface area contributed by atoms with Crippen molar-refractivity contribution in [3.05, 3.63) is 0 Å². The van der Waals surface area contributed by atoms with Crippen LogP contribution in [-0.4, -0.2) is 17.3 Å². The summed E-state index contributed by atoms with van der Waals surface area (Å²) in [7, 11) is 0. The Morgan fingerprint density at radius 3 is 2.55 bits per heavy atom. The minimum Gasteiger partial charge on any atom is -0.300 e. The second-order valence-electron chi connectivity index (χ2n) is 2.59. The van der Waals surface area contributed by atoms with E-state index in [-0.39, 0.29) is 0 Å². The van der Waals surface area contributed by atoms with Crippen LogP contribution in [0.25, 0.3) is 0 Å². The molecule has 0 aliphatic carbocycles. The Balaban J connectivity index is 3.04. The predicted molar refractivity (Wildman–Crippen MR) is 52.1 cm³/mol. The zero-order valence-electron chi connectivity index (χ0n) is 7.56. The highest BCUT2D eigenvalue weighted by Crippen LogP contribution is 2.05. The van der Waals surface area contributed by atoms with Crippen LogP contribution in [0.15, 0.2) is 0 Å². The van der Waals surface area contributed by atoms with Crippen LogP contribution >= 0.6 is 11.8 Å². The summed E-state index contributed by atoms with van der Waals surface area (Å²) in [6, 6.07) is 0. The molecule has 0 aromatic carbocycles. The van der Waals surface area contributed by atoms with Crippen molar-refractivity contribution in [1.29, 1.82) is 0 Å². The quantitative estimate of drug-likeness (QED) is 0.552. The molecule has 0 heterocycles. The molecule has 0 fully saturated rings. The van der Waals surface area contributed by atoms with E-state index in [1.165, 1.54) is 5.75 Å². The SMILES string of the molecule is CCCC(=O)CCCSCC. The van der Waals surface area contributed by atoms with Gasteiger partial charge in [0.15, 0.2) is 0 Å². The molecule has 11 heavy (non-hydrogen) atoms. The molecule has 0 rings (SSSR count). The van der Waals surface area contributed by atoms with Gasteiger partial charge in [-0.25, -0.2) is 0 Å². The monoisotopic (exact) mass is 174 g/mol. The minimum atomic E-state index is 0.434. The van der Waals surface area contributed by atoms with E-state index in [9.17, 15) is 4.79 Å². The summed E-state index contributed by atoms with van der Waals surface area (Å²) in [5.74, 6) is 2.75. The Bertz CT molecular complexity index is 102. The summed E-state index contributed by atoms with van der Waals surface area (Å²) in [6.07, 6.45) is 3.63. The van der Waals surface area contributed by atoms with Crippen molar-refractivity contribution in [2.45, 2.75) is 39.5 Å². The Labute approximate surface area is 73.9 Å². The van der Waals surface area contributed by atoms with Crippen molar-refractivity contribution < 1.29 is 4.79 Å². The zero-order valence-corrected chi connectivity index (χ0v) is 8.38. The predicted octanol–water partition coefficient (Wildman–Crippen LogP) is 2.89. The maximum atomic E-state index is 11.0. The lowest BCUT2D eigenvalue weighted by molar-refractivity contribution is -0.119. The molecule has 0 saturated heterocycles. The Morgan fingerprint density at radius 1 is 1.27 bits per heavy atom. The second kappa shape index (κ2) is 8.12. The van der Waals surface area contributed by atoms with E-state index in [4.69, 9.17) is 0 Å². The number of carbonyl (C=O) groups excluding carboxylic acids is 1. The Kier molecular flexibility index (Phi) is 8.13. The molecule has 0 spiro atoms. The van der Waals surface area contributed by atoms with Crippen LogP contribution in [0.5, 0.6) is 0 Å². The Morgan fingerprint density at radius 2 is 2.00 bits per heavy atom. The molecule has 0 aliphatic rings. The highest BCUT2D eigenvalue weighted by atomic mass is 32.2. The standard InChI is InChI=1S/C9H18OS/c1-3-6-9(10)7-5-8-11-4-2/h3-8H2,1-2H3. The van der Waals surface area contributed by atoms with Crippen molar-refractivity contribution in [3.63, 3.8) is 0 Å². The van der Waals surface area contributed by atoms with Crippen LogP contribution in [0.2, 0.25) is 0 Å². The molecule has 1 nitrogen and oxygen atoms in total. The molecule has 0 bridgehead atoms. The van der Waals surface area contributed by atoms with Gasteiger partial charge in [0.25, 0.3) is 0 Å². The van der Waals surface area contributed by atoms with Crippen LogP contribution in [0, 0.1) is 0 Å². The van der Waals surface area contributed by atoms with Gasteiger partial charge in [-0.15, -0.1) is 0 Å². The van der Waals surface area contributed by atoms with Gasteiger partial charge in [0.1, 0.15) is 5.78 Å². The van der Waals surface area contributed by atoms with Crippen molar-refractivity contribution in [3.8, 4) is 0 Å². The average Bonchev–Trinajstić information content (AvgIpc) is 1.99. The highest BCUT2D eigenvalue weighted by molar-refractivity contribution is 7.99. The first kappa shape index (κ1) is 11.0. The number of Topliss-reactive ketones (excluding diaryl/α,β-unsaturated/α-hetero) is 1. The topological polar surface area (TPSA) is 17.1 Å². The van der Waals surface area contributed by atoms with E-state index in [0.29, 0.717) is 5.78 Å². The minimum absolute atomic E-state index is 0.434. The fraction of sp³-hybridized carbons (Fsp3) is 0.889. The largest absolute Gasteiger partial charge is 0.300 e. The smallest absolute Gasteiger partial charge is 0.132 e. The van der Waals surface area contributed by atoms with Crippen LogP contribution < -0.4 is 0 Å². The zero-order chi connectivity index (χ0) is 8.53. The Hall–Kier alpha value is 0.0200. The molecule has 0 unspecified atom stereocenters. The fourth-order valence-electron chi connectivity index (χ4n) is 0.920. The van der Waals surface area contributed by atoms with E-state index >= 15 is 0 Å². The van der Waals surface area contributed by atoms with Crippen molar-refractivity contribution in [1.82, 2.24) is 0 Å². The summed E-state index contributed by atoms with van der Waals surface area (Å²) in [6.45, 7) is 4.21. The average molecular weight is 174 g/mol. The first-order valence-corrected chi connectivity index (χ1v) is 5.56. The summed E-state index contributed by atoms with van der Waals surface area (Å²) in [5.41, 5.74) is 0. The molecule has 0 amide bonds. The van der Waals surface area contributed by atoms with Crippen LogP contribution in [0.1, 0.15) is 39.5 Å². The van der Waals surface area contributed by atoms with Gasteiger partial charge in [-0.2, -0.15) is 11.8 Å². The molecular weight excluding hydrogens is 156 g/mol. The van der Waals surface area contributed by atoms with Gasteiger partial charge in [0.05, 0.1) is 0 Å². The maximum Gasteiger partial charge on any atom is 0.132 e. The highest BCUT2D eigenvalue weighted by Gasteiger charge is 1.98. The van der Waals surface area contributed by atoms with Gasteiger partial charge in [-0.1, -0.05) is 13.8 Å². The van der Waals surface area contributed by atoms with Gasteiger partial charge < -0.3 is 0 Å². The summed E-state index contributed by atoms with van der Waals surface area (Å²) >= 11 is 1.92. The molecule has 0 aromatic rings. The van der Waals surface area contributed by atoms with E-state index in [2.05, 4.69) is 13.8 Å². The number of carbonyl (C=O) groups is 1. The van der Waals surface area contributed by atoms with E-state index in [0.717, 1.165) is 31.4 Å². The van der Waals surface area contributed by atoms with Gasteiger partial charge in [0, 0.05) is 12.8 Å². The lowest BCUT2D eigenvalue weighted by Gasteiger charge is -1.97. The molecule has 2 heteroatoms. The second-order valence-corrected chi connectivity index (χ2v) is 3.98. The van der Waals surface area contributed by atoms with Gasteiger partial charge in [-0.05, 0) is 24.3 Å². The van der Waals surface area contributed by atoms with E-state index < -0.39 is 0 Å². The van der Waals surface area contributed by atoms with Gasteiger partial charge in [-0.3, -0.25) is 4.79 Å². The third-order valence-corrected chi connectivity index (χ3v) is 2.46. The number of ketones is 1. The van der Waals surface area contributed by atoms with Gasteiger partial charge >= 0.3 is 0 Å².